The molecule has 1 rings (SSSR count). The zero-order valence-electron chi connectivity index (χ0n) is 15.8. The van der Waals surface area contributed by atoms with Gasteiger partial charge in [-0.25, -0.2) is 0 Å². The third-order valence-electron chi connectivity index (χ3n) is 6.03. The maximum atomic E-state index is 12.3. The molecule has 0 aromatic rings. The number of carbonyl (C=O) groups is 2. The van der Waals surface area contributed by atoms with Crippen LogP contribution in [0.4, 0.5) is 0 Å². The van der Waals surface area contributed by atoms with Crippen molar-refractivity contribution in [2.24, 2.45) is 16.7 Å². The van der Waals surface area contributed by atoms with Gasteiger partial charge in [-0.3, -0.25) is 9.59 Å². The molecule has 140 valence electrons. The third-order valence-corrected chi connectivity index (χ3v) is 6.03. The van der Waals surface area contributed by atoms with Crippen LogP contribution in [0.25, 0.3) is 0 Å². The molecule has 4 heteroatoms. The molecule has 1 saturated carbocycles. The van der Waals surface area contributed by atoms with Crippen LogP contribution in [0.2, 0.25) is 0 Å². The van der Waals surface area contributed by atoms with E-state index in [4.69, 9.17) is 0 Å². The van der Waals surface area contributed by atoms with Crippen molar-refractivity contribution in [1.82, 2.24) is 0 Å². The van der Waals surface area contributed by atoms with E-state index in [2.05, 4.69) is 13.8 Å². The summed E-state index contributed by atoms with van der Waals surface area (Å²) in [5.41, 5.74) is -2.16. The second-order valence-corrected chi connectivity index (χ2v) is 8.08. The van der Waals surface area contributed by atoms with E-state index >= 15 is 0 Å². The number of rotatable bonds is 11. The SMILES string of the molecule is CCCCC1(C(=O)O)CCCCC1(CCCCCC(C)C)C(=O)O. The molecule has 0 spiro atoms. The van der Waals surface area contributed by atoms with Gasteiger partial charge in [0.05, 0.1) is 10.8 Å². The molecule has 2 unspecified atom stereocenters. The molecule has 1 aliphatic carbocycles. The molecule has 0 aromatic carbocycles. The Balaban J connectivity index is 2.95. The molecule has 0 heterocycles. The standard InChI is InChI=1S/C20H36O4/c1-4-5-12-19(17(21)22)14-9-10-15-20(19,18(23)24)13-8-6-7-11-16(2)3/h16H,4-15H2,1-3H3,(H,21,22)(H,23,24). The molecule has 2 N–H and O–H groups in total. The Morgan fingerprint density at radius 2 is 1.38 bits per heavy atom. The van der Waals surface area contributed by atoms with Crippen molar-refractivity contribution in [3.63, 3.8) is 0 Å². The summed E-state index contributed by atoms with van der Waals surface area (Å²) in [6.45, 7) is 6.42. The van der Waals surface area contributed by atoms with E-state index in [0.29, 0.717) is 31.6 Å². The predicted molar refractivity (Wildman–Crippen MR) is 96.1 cm³/mol. The summed E-state index contributed by atoms with van der Waals surface area (Å²) in [5.74, 6) is -1.11. The summed E-state index contributed by atoms with van der Waals surface area (Å²) < 4.78 is 0. The molecule has 4 nitrogen and oxygen atoms in total. The highest BCUT2D eigenvalue weighted by atomic mass is 16.4. The van der Waals surface area contributed by atoms with Crippen LogP contribution >= 0.6 is 0 Å². The molecule has 0 bridgehead atoms. The normalized spacial score (nSPS) is 27.3. The highest BCUT2D eigenvalue weighted by molar-refractivity contribution is 5.87. The number of unbranched alkanes of at least 4 members (excludes halogenated alkanes) is 3. The molecule has 0 amide bonds. The molecular weight excluding hydrogens is 304 g/mol. The number of carboxylic acid groups (broad SMARTS) is 2. The third kappa shape index (κ3) is 4.52. The van der Waals surface area contributed by atoms with Crippen molar-refractivity contribution < 1.29 is 19.8 Å². The summed E-state index contributed by atoms with van der Waals surface area (Å²) in [6, 6.07) is 0. The van der Waals surface area contributed by atoms with E-state index in [1.165, 1.54) is 0 Å². The average Bonchev–Trinajstić information content (AvgIpc) is 2.52. The van der Waals surface area contributed by atoms with Crippen molar-refractivity contribution in [3.8, 4) is 0 Å². The average molecular weight is 341 g/mol. The van der Waals surface area contributed by atoms with Crippen molar-refractivity contribution >= 4 is 11.9 Å². The molecule has 0 aliphatic heterocycles. The Morgan fingerprint density at radius 3 is 1.79 bits per heavy atom. The number of hydrogen-bond donors (Lipinski definition) is 2. The van der Waals surface area contributed by atoms with Gasteiger partial charge in [-0.1, -0.05) is 72.1 Å². The van der Waals surface area contributed by atoms with Crippen molar-refractivity contribution in [3.05, 3.63) is 0 Å². The first-order chi connectivity index (χ1) is 11.3. The van der Waals surface area contributed by atoms with Gasteiger partial charge in [0.2, 0.25) is 0 Å². The van der Waals surface area contributed by atoms with Gasteiger partial charge in [0.1, 0.15) is 0 Å². The minimum absolute atomic E-state index is 0.497. The maximum Gasteiger partial charge on any atom is 0.310 e. The Bertz CT molecular complexity index is 418. The Labute approximate surface area is 147 Å². The van der Waals surface area contributed by atoms with Gasteiger partial charge >= 0.3 is 11.9 Å². The first-order valence-electron chi connectivity index (χ1n) is 9.79. The van der Waals surface area contributed by atoms with Crippen LogP contribution in [0.1, 0.15) is 97.8 Å². The molecule has 24 heavy (non-hydrogen) atoms. The smallest absolute Gasteiger partial charge is 0.310 e. The molecule has 2 atom stereocenters. The molecule has 1 aliphatic rings. The summed E-state index contributed by atoms with van der Waals surface area (Å²) in [6.07, 6.45) is 9.46. The van der Waals surface area contributed by atoms with Crippen LogP contribution in [0.5, 0.6) is 0 Å². The van der Waals surface area contributed by atoms with Gasteiger partial charge in [0.25, 0.3) is 0 Å². The highest BCUT2D eigenvalue weighted by Crippen LogP contribution is 2.56. The lowest BCUT2D eigenvalue weighted by molar-refractivity contribution is -0.182. The van der Waals surface area contributed by atoms with Gasteiger partial charge in [-0.05, 0) is 31.6 Å². The van der Waals surface area contributed by atoms with Crippen molar-refractivity contribution in [1.29, 1.82) is 0 Å². The lowest BCUT2D eigenvalue weighted by Gasteiger charge is -2.48. The van der Waals surface area contributed by atoms with E-state index in [1.54, 1.807) is 0 Å². The maximum absolute atomic E-state index is 12.3. The number of hydrogen-bond acceptors (Lipinski definition) is 2. The quantitative estimate of drug-likeness (QED) is 0.487. The van der Waals surface area contributed by atoms with Gasteiger partial charge in [0.15, 0.2) is 0 Å². The highest BCUT2D eigenvalue weighted by Gasteiger charge is 2.61. The van der Waals surface area contributed by atoms with E-state index < -0.39 is 22.8 Å². The summed E-state index contributed by atoms with van der Waals surface area (Å²) in [4.78, 5) is 24.5. The second-order valence-electron chi connectivity index (χ2n) is 8.08. The first kappa shape index (κ1) is 21.0. The zero-order chi connectivity index (χ0) is 18.2. The van der Waals surface area contributed by atoms with Crippen LogP contribution in [0, 0.1) is 16.7 Å². The van der Waals surface area contributed by atoms with Crippen LogP contribution in [-0.2, 0) is 9.59 Å². The van der Waals surface area contributed by atoms with Gasteiger partial charge < -0.3 is 10.2 Å². The van der Waals surface area contributed by atoms with E-state index in [9.17, 15) is 19.8 Å². The van der Waals surface area contributed by atoms with Crippen molar-refractivity contribution in [2.75, 3.05) is 0 Å². The van der Waals surface area contributed by atoms with Gasteiger partial charge in [-0.15, -0.1) is 0 Å². The monoisotopic (exact) mass is 340 g/mol. The Hall–Kier alpha value is -1.06. The zero-order valence-corrected chi connectivity index (χ0v) is 15.8. The fraction of sp³-hybridized carbons (Fsp3) is 0.900. The van der Waals surface area contributed by atoms with E-state index in [0.717, 1.165) is 51.4 Å². The second kappa shape index (κ2) is 9.43. The van der Waals surface area contributed by atoms with Crippen LogP contribution < -0.4 is 0 Å². The molecular formula is C20H36O4. The largest absolute Gasteiger partial charge is 0.481 e. The van der Waals surface area contributed by atoms with Crippen LogP contribution in [0.15, 0.2) is 0 Å². The Kier molecular flexibility index (Phi) is 8.24. The fourth-order valence-electron chi connectivity index (χ4n) is 4.53. The number of carboxylic acids is 2. The fourth-order valence-corrected chi connectivity index (χ4v) is 4.53. The summed E-state index contributed by atoms with van der Waals surface area (Å²) in [7, 11) is 0. The van der Waals surface area contributed by atoms with Crippen LogP contribution in [-0.4, -0.2) is 22.2 Å². The molecule has 0 aromatic heterocycles. The minimum atomic E-state index is -1.08. The van der Waals surface area contributed by atoms with E-state index in [-0.39, 0.29) is 0 Å². The van der Waals surface area contributed by atoms with Crippen molar-refractivity contribution in [2.45, 2.75) is 97.8 Å². The lowest BCUT2D eigenvalue weighted by Crippen LogP contribution is -2.54. The van der Waals surface area contributed by atoms with E-state index in [1.807, 2.05) is 6.92 Å². The number of aliphatic carboxylic acids is 2. The molecule has 1 fully saturated rings. The predicted octanol–water partition coefficient (Wildman–Crippen LogP) is 5.50. The van der Waals surface area contributed by atoms with Gasteiger partial charge in [-0.2, -0.15) is 0 Å². The molecule has 0 radical (unpaired) electrons. The summed E-state index contributed by atoms with van der Waals surface area (Å²) in [5, 5.41) is 20.1. The first-order valence-corrected chi connectivity index (χ1v) is 9.79. The van der Waals surface area contributed by atoms with Crippen LogP contribution in [0.3, 0.4) is 0 Å². The minimum Gasteiger partial charge on any atom is -0.481 e. The topological polar surface area (TPSA) is 74.6 Å². The molecule has 0 saturated heterocycles. The Morgan fingerprint density at radius 1 is 0.875 bits per heavy atom. The summed E-state index contributed by atoms with van der Waals surface area (Å²) >= 11 is 0. The van der Waals surface area contributed by atoms with Gasteiger partial charge in [0, 0.05) is 0 Å². The lowest BCUT2D eigenvalue weighted by atomic mass is 9.52.